The van der Waals surface area contributed by atoms with Gasteiger partial charge in [0.2, 0.25) is 0 Å². The highest BCUT2D eigenvalue weighted by Gasteiger charge is 2.15. The number of fused-ring (bicyclic) bond motifs is 2. The number of hydrogen-bond acceptors (Lipinski definition) is 1. The predicted molar refractivity (Wildman–Crippen MR) is 64.8 cm³/mol. The first-order valence-corrected chi connectivity index (χ1v) is 5.29. The zero-order valence-electron chi connectivity index (χ0n) is 8.48. The Morgan fingerprint density at radius 1 is 1.07 bits per heavy atom. The SMILES string of the molecule is NCC1C=Cc2cc3ccccc3cc21. The molecule has 0 aliphatic heterocycles. The van der Waals surface area contributed by atoms with Gasteiger partial charge < -0.3 is 5.73 Å². The third-order valence-electron chi connectivity index (χ3n) is 3.11. The normalized spacial score (nSPS) is 18.3. The van der Waals surface area contributed by atoms with Crippen LogP contribution in [-0.2, 0) is 0 Å². The van der Waals surface area contributed by atoms with E-state index in [1.165, 1.54) is 21.9 Å². The van der Waals surface area contributed by atoms with Gasteiger partial charge in [-0.15, -0.1) is 0 Å². The predicted octanol–water partition coefficient (Wildman–Crippen LogP) is 2.91. The highest BCUT2D eigenvalue weighted by Crippen LogP contribution is 2.32. The monoisotopic (exact) mass is 195 g/mol. The van der Waals surface area contributed by atoms with E-state index in [1.807, 2.05) is 0 Å². The van der Waals surface area contributed by atoms with Crippen LogP contribution in [0, 0.1) is 0 Å². The van der Waals surface area contributed by atoms with Crippen molar-refractivity contribution in [3.8, 4) is 0 Å². The highest BCUT2D eigenvalue weighted by atomic mass is 14.5. The van der Waals surface area contributed by atoms with Crippen LogP contribution in [0.1, 0.15) is 17.0 Å². The Morgan fingerprint density at radius 3 is 2.53 bits per heavy atom. The number of benzene rings is 2. The molecule has 0 saturated heterocycles. The molecule has 0 amide bonds. The lowest BCUT2D eigenvalue weighted by molar-refractivity contribution is 0.865. The molecule has 74 valence electrons. The topological polar surface area (TPSA) is 26.0 Å². The fourth-order valence-corrected chi connectivity index (χ4v) is 2.27. The van der Waals surface area contributed by atoms with E-state index in [2.05, 4.69) is 48.6 Å². The van der Waals surface area contributed by atoms with Gasteiger partial charge in [-0.2, -0.15) is 0 Å². The second kappa shape index (κ2) is 3.21. The van der Waals surface area contributed by atoms with Gasteiger partial charge in [0.1, 0.15) is 0 Å². The molecule has 1 unspecified atom stereocenters. The summed E-state index contributed by atoms with van der Waals surface area (Å²) in [5, 5.41) is 2.61. The Morgan fingerprint density at radius 2 is 1.80 bits per heavy atom. The molecule has 1 aliphatic carbocycles. The van der Waals surface area contributed by atoms with E-state index in [9.17, 15) is 0 Å². The van der Waals surface area contributed by atoms with Gasteiger partial charge in [-0.05, 0) is 34.0 Å². The van der Waals surface area contributed by atoms with Crippen molar-refractivity contribution in [3.05, 3.63) is 53.6 Å². The van der Waals surface area contributed by atoms with Gasteiger partial charge >= 0.3 is 0 Å². The fraction of sp³-hybridized carbons (Fsp3) is 0.143. The quantitative estimate of drug-likeness (QED) is 0.744. The largest absolute Gasteiger partial charge is 0.330 e. The Bertz CT molecular complexity index is 540. The molecule has 1 atom stereocenters. The zero-order chi connectivity index (χ0) is 10.3. The summed E-state index contributed by atoms with van der Waals surface area (Å²) in [5.41, 5.74) is 8.44. The van der Waals surface area contributed by atoms with E-state index in [1.54, 1.807) is 0 Å². The number of nitrogens with two attached hydrogens (primary N) is 1. The van der Waals surface area contributed by atoms with Gasteiger partial charge in [0.05, 0.1) is 0 Å². The van der Waals surface area contributed by atoms with Crippen molar-refractivity contribution in [2.24, 2.45) is 5.73 Å². The first kappa shape index (κ1) is 8.69. The van der Waals surface area contributed by atoms with Crippen LogP contribution in [0.4, 0.5) is 0 Å². The van der Waals surface area contributed by atoms with Crippen LogP contribution < -0.4 is 5.73 Å². The molecule has 2 N–H and O–H groups in total. The Hall–Kier alpha value is -1.60. The molecule has 15 heavy (non-hydrogen) atoms. The molecule has 2 aromatic carbocycles. The summed E-state index contributed by atoms with van der Waals surface area (Å²) in [6, 6.07) is 13.0. The maximum atomic E-state index is 5.74. The van der Waals surface area contributed by atoms with Gasteiger partial charge in [-0.3, -0.25) is 0 Å². The van der Waals surface area contributed by atoms with E-state index in [-0.39, 0.29) is 0 Å². The van der Waals surface area contributed by atoms with E-state index < -0.39 is 0 Å². The molecular formula is C14H13N. The summed E-state index contributed by atoms with van der Waals surface area (Å²) < 4.78 is 0. The summed E-state index contributed by atoms with van der Waals surface area (Å²) in [4.78, 5) is 0. The average molecular weight is 195 g/mol. The molecule has 0 saturated carbocycles. The molecule has 0 aromatic heterocycles. The van der Waals surface area contributed by atoms with E-state index in [0.29, 0.717) is 12.5 Å². The van der Waals surface area contributed by atoms with Crippen LogP contribution >= 0.6 is 0 Å². The molecule has 1 nitrogen and oxygen atoms in total. The number of hydrogen-bond donors (Lipinski definition) is 1. The minimum Gasteiger partial charge on any atom is -0.330 e. The lowest BCUT2D eigenvalue weighted by atomic mass is 9.97. The van der Waals surface area contributed by atoms with Crippen LogP contribution in [0.5, 0.6) is 0 Å². The van der Waals surface area contributed by atoms with Crippen molar-refractivity contribution in [2.45, 2.75) is 5.92 Å². The Labute approximate surface area is 89.2 Å². The molecule has 0 bridgehead atoms. The first-order chi connectivity index (χ1) is 7.38. The lowest BCUT2D eigenvalue weighted by Gasteiger charge is -2.09. The van der Waals surface area contributed by atoms with Gasteiger partial charge in [-0.1, -0.05) is 36.4 Å². The third kappa shape index (κ3) is 1.28. The molecule has 2 aromatic rings. The van der Waals surface area contributed by atoms with E-state index in [4.69, 9.17) is 5.73 Å². The first-order valence-electron chi connectivity index (χ1n) is 5.29. The van der Waals surface area contributed by atoms with E-state index >= 15 is 0 Å². The molecule has 1 aliphatic rings. The van der Waals surface area contributed by atoms with Crippen molar-refractivity contribution in [1.29, 1.82) is 0 Å². The molecule has 0 fully saturated rings. The summed E-state index contributed by atoms with van der Waals surface area (Å²) in [7, 11) is 0. The van der Waals surface area contributed by atoms with Gasteiger partial charge in [0, 0.05) is 12.5 Å². The smallest absolute Gasteiger partial charge is 0.0150 e. The fourth-order valence-electron chi connectivity index (χ4n) is 2.27. The van der Waals surface area contributed by atoms with Crippen LogP contribution in [0.15, 0.2) is 42.5 Å². The number of rotatable bonds is 1. The Balaban J connectivity index is 2.27. The zero-order valence-corrected chi connectivity index (χ0v) is 8.48. The minimum absolute atomic E-state index is 0.407. The second-order valence-corrected chi connectivity index (χ2v) is 4.03. The molecule has 0 heterocycles. The average Bonchev–Trinajstić information content (AvgIpc) is 2.68. The second-order valence-electron chi connectivity index (χ2n) is 4.03. The third-order valence-corrected chi connectivity index (χ3v) is 3.11. The van der Waals surface area contributed by atoms with Crippen molar-refractivity contribution in [2.75, 3.05) is 6.54 Å². The van der Waals surface area contributed by atoms with Crippen molar-refractivity contribution in [3.63, 3.8) is 0 Å². The maximum absolute atomic E-state index is 5.74. The summed E-state index contributed by atoms with van der Waals surface area (Å²) in [5.74, 6) is 0.407. The van der Waals surface area contributed by atoms with Crippen LogP contribution in [0.3, 0.4) is 0 Å². The maximum Gasteiger partial charge on any atom is 0.0150 e. The lowest BCUT2D eigenvalue weighted by Crippen LogP contribution is -2.08. The minimum atomic E-state index is 0.407. The van der Waals surface area contributed by atoms with Crippen LogP contribution in [0.2, 0.25) is 0 Å². The van der Waals surface area contributed by atoms with Gasteiger partial charge in [-0.25, -0.2) is 0 Å². The van der Waals surface area contributed by atoms with Gasteiger partial charge in [0.15, 0.2) is 0 Å². The molecule has 0 spiro atoms. The standard InChI is InChI=1S/C14H13N/c15-9-13-6-5-12-7-10-3-1-2-4-11(10)8-14(12)13/h1-8,13H,9,15H2. The molecular weight excluding hydrogens is 182 g/mol. The van der Waals surface area contributed by atoms with Crippen LogP contribution in [0.25, 0.3) is 16.8 Å². The Kier molecular flexibility index (Phi) is 1.86. The van der Waals surface area contributed by atoms with Crippen LogP contribution in [-0.4, -0.2) is 6.54 Å². The van der Waals surface area contributed by atoms with Crippen molar-refractivity contribution < 1.29 is 0 Å². The van der Waals surface area contributed by atoms with Crippen molar-refractivity contribution >= 4 is 16.8 Å². The highest BCUT2D eigenvalue weighted by molar-refractivity contribution is 5.87. The van der Waals surface area contributed by atoms with Gasteiger partial charge in [0.25, 0.3) is 0 Å². The summed E-state index contributed by atoms with van der Waals surface area (Å²) in [6.07, 6.45) is 4.38. The van der Waals surface area contributed by atoms with E-state index in [0.717, 1.165) is 0 Å². The molecule has 1 heteroatoms. The van der Waals surface area contributed by atoms with Crippen molar-refractivity contribution in [1.82, 2.24) is 0 Å². The summed E-state index contributed by atoms with van der Waals surface area (Å²) in [6.45, 7) is 0.696. The molecule has 3 rings (SSSR count). The molecule has 0 radical (unpaired) electrons. The summed E-state index contributed by atoms with van der Waals surface area (Å²) >= 11 is 0.